The number of anilines is 3. The number of rotatable bonds is 6. The van der Waals surface area contributed by atoms with Gasteiger partial charge in [0.15, 0.2) is 0 Å². The smallest absolute Gasteiger partial charge is 0.277 e. The Morgan fingerprint density at radius 1 is 0.867 bits per heavy atom. The van der Waals surface area contributed by atoms with Gasteiger partial charge < -0.3 is 10.2 Å². The molecule has 0 fully saturated rings. The normalized spacial score (nSPS) is 10.4. The largest absolute Gasteiger partial charge is 0.324 e. The van der Waals surface area contributed by atoms with Crippen LogP contribution >= 0.6 is 0 Å². The number of hydrogen-bond donors (Lipinski definition) is 1. The maximum Gasteiger partial charge on any atom is 0.277 e. The van der Waals surface area contributed by atoms with Crippen molar-refractivity contribution < 1.29 is 4.79 Å². The van der Waals surface area contributed by atoms with E-state index in [0.29, 0.717) is 18.2 Å². The van der Waals surface area contributed by atoms with Crippen LogP contribution in [0.1, 0.15) is 21.6 Å². The summed E-state index contributed by atoms with van der Waals surface area (Å²) in [4.78, 5) is 23.9. The lowest BCUT2D eigenvalue weighted by atomic mass is 10.2. The Hall–Kier alpha value is -3.99. The van der Waals surface area contributed by atoms with Crippen molar-refractivity contribution in [3.8, 4) is 0 Å². The summed E-state index contributed by atoms with van der Waals surface area (Å²) in [7, 11) is 0. The second-order valence-corrected chi connectivity index (χ2v) is 6.92. The summed E-state index contributed by atoms with van der Waals surface area (Å²) in [6.45, 7) is 2.46. The van der Waals surface area contributed by atoms with Crippen LogP contribution in [-0.2, 0) is 6.54 Å². The molecule has 0 atom stereocenters. The zero-order chi connectivity index (χ0) is 20.8. The van der Waals surface area contributed by atoms with E-state index in [1.54, 1.807) is 17.2 Å². The molecule has 3 aromatic carbocycles. The van der Waals surface area contributed by atoms with Gasteiger partial charge in [-0.25, -0.2) is 9.97 Å². The van der Waals surface area contributed by atoms with Gasteiger partial charge in [-0.1, -0.05) is 66.7 Å². The highest BCUT2D eigenvalue weighted by atomic mass is 16.2. The minimum absolute atomic E-state index is 0.180. The molecule has 1 aromatic heterocycles. The number of para-hydroxylation sites is 2. The first kappa shape index (κ1) is 19.3. The number of hydrogen-bond acceptors (Lipinski definition) is 4. The molecule has 0 radical (unpaired) electrons. The monoisotopic (exact) mass is 394 g/mol. The number of carbonyl (C=O) groups excluding carboxylic acids is 1. The van der Waals surface area contributed by atoms with Crippen molar-refractivity contribution in [3.05, 3.63) is 114 Å². The molecule has 0 aliphatic rings. The minimum atomic E-state index is -0.180. The molecule has 1 amide bonds. The number of amides is 1. The summed E-state index contributed by atoms with van der Waals surface area (Å²) in [5.74, 6) is 0.211. The average Bonchev–Trinajstić information content (AvgIpc) is 2.80. The molecule has 0 saturated heterocycles. The van der Waals surface area contributed by atoms with E-state index in [9.17, 15) is 4.79 Å². The molecule has 1 heterocycles. The van der Waals surface area contributed by atoms with E-state index in [4.69, 9.17) is 0 Å². The van der Waals surface area contributed by atoms with E-state index in [1.165, 1.54) is 0 Å². The third-order valence-corrected chi connectivity index (χ3v) is 4.76. The van der Waals surface area contributed by atoms with Gasteiger partial charge in [0.05, 0.1) is 6.54 Å². The van der Waals surface area contributed by atoms with Crippen LogP contribution in [-0.4, -0.2) is 15.9 Å². The first-order valence-corrected chi connectivity index (χ1v) is 9.77. The van der Waals surface area contributed by atoms with Gasteiger partial charge >= 0.3 is 0 Å². The molecule has 0 unspecified atom stereocenters. The van der Waals surface area contributed by atoms with Crippen LogP contribution in [0.4, 0.5) is 17.3 Å². The predicted molar refractivity (Wildman–Crippen MR) is 120 cm³/mol. The van der Waals surface area contributed by atoms with E-state index >= 15 is 0 Å². The second-order valence-electron chi connectivity index (χ2n) is 6.92. The Kier molecular flexibility index (Phi) is 5.80. The summed E-state index contributed by atoms with van der Waals surface area (Å²) in [5, 5.41) is 3.20. The lowest BCUT2D eigenvalue weighted by Crippen LogP contribution is -2.31. The molecule has 5 nitrogen and oxygen atoms in total. The summed E-state index contributed by atoms with van der Waals surface area (Å²) < 4.78 is 0. The van der Waals surface area contributed by atoms with Crippen LogP contribution in [0, 0.1) is 6.92 Å². The fraction of sp³-hybridized carbons (Fsp3) is 0.0800. The third kappa shape index (κ3) is 4.52. The zero-order valence-corrected chi connectivity index (χ0v) is 16.7. The van der Waals surface area contributed by atoms with Crippen LogP contribution in [0.2, 0.25) is 0 Å². The van der Waals surface area contributed by atoms with Gasteiger partial charge in [-0.3, -0.25) is 4.79 Å². The van der Waals surface area contributed by atoms with Gasteiger partial charge in [-0.05, 0) is 42.3 Å². The van der Waals surface area contributed by atoms with Crippen molar-refractivity contribution in [2.45, 2.75) is 13.5 Å². The Balaban J connectivity index is 1.63. The molecule has 0 aliphatic carbocycles. The summed E-state index contributed by atoms with van der Waals surface area (Å²) in [5.41, 5.74) is 4.18. The highest BCUT2D eigenvalue weighted by Gasteiger charge is 2.20. The molecule has 4 rings (SSSR count). The fourth-order valence-corrected chi connectivity index (χ4v) is 3.16. The van der Waals surface area contributed by atoms with Crippen molar-refractivity contribution >= 4 is 23.2 Å². The van der Waals surface area contributed by atoms with Gasteiger partial charge in [0.1, 0.15) is 5.69 Å². The molecular weight excluding hydrogens is 372 g/mol. The van der Waals surface area contributed by atoms with Gasteiger partial charge in [0.25, 0.3) is 5.91 Å². The highest BCUT2D eigenvalue weighted by molar-refractivity contribution is 6.04. The lowest BCUT2D eigenvalue weighted by molar-refractivity contribution is 0.0980. The summed E-state index contributed by atoms with van der Waals surface area (Å²) >= 11 is 0. The Bertz CT molecular complexity index is 1130. The van der Waals surface area contributed by atoms with E-state index in [0.717, 1.165) is 22.5 Å². The van der Waals surface area contributed by atoms with Gasteiger partial charge in [-0.15, -0.1) is 0 Å². The van der Waals surface area contributed by atoms with Gasteiger partial charge in [0, 0.05) is 17.6 Å². The fourth-order valence-electron chi connectivity index (χ4n) is 3.16. The maximum atomic E-state index is 13.4. The molecule has 0 bridgehead atoms. The Morgan fingerprint density at radius 3 is 2.27 bits per heavy atom. The number of carbonyl (C=O) groups is 1. The molecule has 148 valence electrons. The van der Waals surface area contributed by atoms with Crippen LogP contribution in [0.25, 0.3) is 0 Å². The van der Waals surface area contributed by atoms with Crippen molar-refractivity contribution in [2.24, 2.45) is 0 Å². The van der Waals surface area contributed by atoms with E-state index in [2.05, 4.69) is 15.3 Å². The topological polar surface area (TPSA) is 58.1 Å². The van der Waals surface area contributed by atoms with Gasteiger partial charge in [-0.2, -0.15) is 0 Å². The number of aromatic nitrogens is 2. The Morgan fingerprint density at radius 2 is 1.53 bits per heavy atom. The van der Waals surface area contributed by atoms with E-state index < -0.39 is 0 Å². The SMILES string of the molecule is Cc1ccccc1Nc1nccc(C(=O)N(Cc2ccccc2)c2ccccc2)n1. The average molecular weight is 394 g/mol. The molecule has 1 N–H and O–H groups in total. The minimum Gasteiger partial charge on any atom is -0.324 e. The lowest BCUT2D eigenvalue weighted by Gasteiger charge is -2.23. The molecule has 30 heavy (non-hydrogen) atoms. The second kappa shape index (κ2) is 9.01. The zero-order valence-electron chi connectivity index (χ0n) is 16.7. The maximum absolute atomic E-state index is 13.4. The van der Waals surface area contributed by atoms with Crippen LogP contribution < -0.4 is 10.2 Å². The predicted octanol–water partition coefficient (Wildman–Crippen LogP) is 5.38. The van der Waals surface area contributed by atoms with Crippen LogP contribution in [0.5, 0.6) is 0 Å². The molecule has 0 aliphatic heterocycles. The number of aryl methyl sites for hydroxylation is 1. The molecule has 0 saturated carbocycles. The van der Waals surface area contributed by atoms with Gasteiger partial charge in [0.2, 0.25) is 5.95 Å². The van der Waals surface area contributed by atoms with E-state index in [1.807, 2.05) is 91.9 Å². The van der Waals surface area contributed by atoms with Crippen LogP contribution in [0.3, 0.4) is 0 Å². The first-order chi connectivity index (χ1) is 14.7. The van der Waals surface area contributed by atoms with E-state index in [-0.39, 0.29) is 5.91 Å². The highest BCUT2D eigenvalue weighted by Crippen LogP contribution is 2.21. The Labute approximate surface area is 176 Å². The first-order valence-electron chi connectivity index (χ1n) is 9.77. The standard InChI is InChI=1S/C25H22N4O/c1-19-10-8-9-15-22(19)27-25-26-17-16-23(28-25)24(30)29(21-13-6-3-7-14-21)18-20-11-4-2-5-12-20/h2-17H,18H2,1H3,(H,26,27,28). The van der Waals surface area contributed by atoms with Crippen molar-refractivity contribution in [3.63, 3.8) is 0 Å². The number of nitrogens with zero attached hydrogens (tertiary/aromatic N) is 3. The van der Waals surface area contributed by atoms with Crippen LogP contribution in [0.15, 0.2) is 97.2 Å². The molecule has 0 spiro atoms. The van der Waals surface area contributed by atoms with Crippen molar-refractivity contribution in [1.82, 2.24) is 9.97 Å². The van der Waals surface area contributed by atoms with Crippen molar-refractivity contribution in [2.75, 3.05) is 10.2 Å². The molecular formula is C25H22N4O. The third-order valence-electron chi connectivity index (χ3n) is 4.76. The quantitative estimate of drug-likeness (QED) is 0.477. The molecule has 5 heteroatoms. The number of nitrogens with one attached hydrogen (secondary N) is 1. The summed E-state index contributed by atoms with van der Waals surface area (Å²) in [6.07, 6.45) is 1.60. The molecule has 4 aromatic rings. The number of benzene rings is 3. The van der Waals surface area contributed by atoms with Crippen molar-refractivity contribution in [1.29, 1.82) is 0 Å². The summed E-state index contributed by atoms with van der Waals surface area (Å²) in [6, 6.07) is 29.1.